The maximum absolute atomic E-state index is 12.1. The van der Waals surface area contributed by atoms with Crippen molar-refractivity contribution >= 4 is 17.7 Å². The van der Waals surface area contributed by atoms with Crippen LogP contribution in [0.15, 0.2) is 24.3 Å². The van der Waals surface area contributed by atoms with Gasteiger partial charge in [-0.05, 0) is 33.3 Å². The van der Waals surface area contributed by atoms with Crippen LogP contribution in [0.3, 0.4) is 0 Å². The molecule has 1 rings (SSSR count). The molecule has 1 N–H and O–H groups in total. The average molecular weight is 295 g/mol. The van der Waals surface area contributed by atoms with Gasteiger partial charge in [-0.15, -0.1) is 11.8 Å². The Labute approximate surface area is 126 Å². The molecule has 0 atom stereocenters. The SMILES string of the molecule is CCN(CC(C)(C)O)C(=O)CSCc1ccc(C)cc1. The van der Waals surface area contributed by atoms with Crippen LogP contribution < -0.4 is 0 Å². The standard InChI is InChI=1S/C16H25NO2S/c1-5-17(12-16(3,4)19)15(18)11-20-10-14-8-6-13(2)7-9-14/h6-9,19H,5,10-12H2,1-4H3. The number of nitrogens with zero attached hydrogens (tertiary/aromatic N) is 1. The Hall–Kier alpha value is -1.00. The second kappa shape index (κ2) is 7.70. The molecule has 0 aliphatic heterocycles. The predicted octanol–water partition coefficient (Wildman–Crippen LogP) is 2.85. The number of carbonyl (C=O) groups is 1. The molecule has 0 saturated heterocycles. The van der Waals surface area contributed by atoms with Crippen molar-refractivity contribution < 1.29 is 9.90 Å². The van der Waals surface area contributed by atoms with Crippen LogP contribution in [0.1, 0.15) is 31.9 Å². The number of benzene rings is 1. The Morgan fingerprint density at radius 1 is 1.30 bits per heavy atom. The molecule has 0 aliphatic carbocycles. The maximum atomic E-state index is 12.1. The minimum Gasteiger partial charge on any atom is -0.389 e. The van der Waals surface area contributed by atoms with E-state index in [0.717, 1.165) is 5.75 Å². The van der Waals surface area contributed by atoms with Gasteiger partial charge in [0.2, 0.25) is 5.91 Å². The van der Waals surface area contributed by atoms with Crippen LogP contribution in [0.2, 0.25) is 0 Å². The molecule has 20 heavy (non-hydrogen) atoms. The first-order valence-corrected chi connectivity index (χ1v) is 8.10. The topological polar surface area (TPSA) is 40.5 Å². The zero-order valence-electron chi connectivity index (χ0n) is 12.8. The van der Waals surface area contributed by atoms with Gasteiger partial charge in [0.15, 0.2) is 0 Å². The summed E-state index contributed by atoms with van der Waals surface area (Å²) in [5, 5.41) is 9.80. The van der Waals surface area contributed by atoms with E-state index < -0.39 is 5.60 Å². The van der Waals surface area contributed by atoms with Gasteiger partial charge in [0, 0.05) is 18.8 Å². The highest BCUT2D eigenvalue weighted by atomic mass is 32.2. The van der Waals surface area contributed by atoms with Crippen LogP contribution in [0.4, 0.5) is 0 Å². The second-order valence-corrected chi connectivity index (χ2v) is 6.68. The van der Waals surface area contributed by atoms with Crippen LogP contribution in [0.25, 0.3) is 0 Å². The first-order valence-electron chi connectivity index (χ1n) is 6.95. The van der Waals surface area contributed by atoms with Crippen molar-refractivity contribution in [1.29, 1.82) is 0 Å². The highest BCUT2D eigenvalue weighted by molar-refractivity contribution is 7.99. The van der Waals surface area contributed by atoms with E-state index in [0.29, 0.717) is 18.8 Å². The Bertz CT molecular complexity index is 423. The third-order valence-corrected chi connectivity index (χ3v) is 3.92. The summed E-state index contributed by atoms with van der Waals surface area (Å²) in [7, 11) is 0. The number of aliphatic hydroxyl groups is 1. The summed E-state index contributed by atoms with van der Waals surface area (Å²) in [4.78, 5) is 13.8. The van der Waals surface area contributed by atoms with Crippen molar-refractivity contribution in [3.8, 4) is 0 Å². The maximum Gasteiger partial charge on any atom is 0.232 e. The molecular formula is C16H25NO2S. The van der Waals surface area contributed by atoms with E-state index in [1.165, 1.54) is 11.1 Å². The molecule has 0 fully saturated rings. The molecule has 0 spiro atoms. The molecule has 0 aliphatic rings. The van der Waals surface area contributed by atoms with Crippen molar-refractivity contribution in [3.63, 3.8) is 0 Å². The van der Waals surface area contributed by atoms with Gasteiger partial charge in [0.1, 0.15) is 0 Å². The summed E-state index contributed by atoms with van der Waals surface area (Å²) in [5.41, 5.74) is 1.64. The van der Waals surface area contributed by atoms with Crippen LogP contribution in [-0.2, 0) is 10.5 Å². The van der Waals surface area contributed by atoms with Gasteiger partial charge >= 0.3 is 0 Å². The van der Waals surface area contributed by atoms with Gasteiger partial charge in [-0.2, -0.15) is 0 Å². The smallest absolute Gasteiger partial charge is 0.232 e. The molecule has 0 saturated carbocycles. The number of likely N-dealkylation sites (N-methyl/N-ethyl adjacent to an activating group) is 1. The molecule has 0 radical (unpaired) electrons. The molecule has 3 nitrogen and oxygen atoms in total. The number of hydrogen-bond donors (Lipinski definition) is 1. The van der Waals surface area contributed by atoms with Crippen molar-refractivity contribution in [2.75, 3.05) is 18.8 Å². The predicted molar refractivity (Wildman–Crippen MR) is 85.9 cm³/mol. The highest BCUT2D eigenvalue weighted by Gasteiger charge is 2.20. The minimum atomic E-state index is -0.840. The van der Waals surface area contributed by atoms with Crippen LogP contribution in [0, 0.1) is 6.92 Å². The van der Waals surface area contributed by atoms with Gasteiger partial charge in [0.05, 0.1) is 11.4 Å². The molecule has 0 heterocycles. The van der Waals surface area contributed by atoms with E-state index in [4.69, 9.17) is 0 Å². The minimum absolute atomic E-state index is 0.0896. The molecule has 4 heteroatoms. The van der Waals surface area contributed by atoms with E-state index in [2.05, 4.69) is 31.2 Å². The summed E-state index contributed by atoms with van der Waals surface area (Å²) in [6, 6.07) is 8.37. The fourth-order valence-electron chi connectivity index (χ4n) is 1.88. The summed E-state index contributed by atoms with van der Waals surface area (Å²) in [6.07, 6.45) is 0. The Morgan fingerprint density at radius 2 is 1.90 bits per heavy atom. The fourth-order valence-corrected chi connectivity index (χ4v) is 2.76. The molecule has 1 aromatic carbocycles. The molecule has 0 bridgehead atoms. The highest BCUT2D eigenvalue weighted by Crippen LogP contribution is 2.14. The Balaban J connectivity index is 2.40. The number of amides is 1. The lowest BCUT2D eigenvalue weighted by molar-refractivity contribution is -0.131. The number of rotatable bonds is 7. The third kappa shape index (κ3) is 6.44. The van der Waals surface area contributed by atoms with E-state index >= 15 is 0 Å². The number of thioether (sulfide) groups is 1. The van der Waals surface area contributed by atoms with Gasteiger partial charge in [-0.3, -0.25) is 4.79 Å². The second-order valence-electron chi connectivity index (χ2n) is 5.70. The van der Waals surface area contributed by atoms with E-state index in [9.17, 15) is 9.90 Å². The molecule has 1 aromatic rings. The summed E-state index contributed by atoms with van der Waals surface area (Å²) < 4.78 is 0. The van der Waals surface area contributed by atoms with E-state index in [1.54, 1.807) is 30.5 Å². The first kappa shape index (κ1) is 17.1. The number of aryl methyl sites for hydroxylation is 1. The molecule has 112 valence electrons. The molecule has 1 amide bonds. The van der Waals surface area contributed by atoms with Crippen LogP contribution >= 0.6 is 11.8 Å². The summed E-state index contributed by atoms with van der Waals surface area (Å²) in [6.45, 7) is 8.47. The number of hydrogen-bond acceptors (Lipinski definition) is 3. The Kier molecular flexibility index (Phi) is 6.56. The quantitative estimate of drug-likeness (QED) is 0.841. The zero-order valence-corrected chi connectivity index (χ0v) is 13.7. The van der Waals surface area contributed by atoms with Crippen molar-refractivity contribution in [2.24, 2.45) is 0 Å². The first-order chi connectivity index (χ1) is 9.31. The third-order valence-electron chi connectivity index (χ3n) is 2.93. The molecular weight excluding hydrogens is 270 g/mol. The van der Waals surface area contributed by atoms with Gasteiger partial charge in [-0.25, -0.2) is 0 Å². The van der Waals surface area contributed by atoms with Crippen molar-refractivity contribution in [1.82, 2.24) is 4.90 Å². The monoisotopic (exact) mass is 295 g/mol. The van der Waals surface area contributed by atoms with Gasteiger partial charge in [0.25, 0.3) is 0 Å². The lowest BCUT2D eigenvalue weighted by Gasteiger charge is -2.28. The zero-order chi connectivity index (χ0) is 15.2. The van der Waals surface area contributed by atoms with Crippen LogP contribution in [-0.4, -0.2) is 40.4 Å². The van der Waals surface area contributed by atoms with Crippen molar-refractivity contribution in [3.05, 3.63) is 35.4 Å². The largest absolute Gasteiger partial charge is 0.389 e. The fraction of sp³-hybridized carbons (Fsp3) is 0.562. The van der Waals surface area contributed by atoms with Crippen molar-refractivity contribution in [2.45, 2.75) is 39.0 Å². The summed E-state index contributed by atoms with van der Waals surface area (Å²) in [5.74, 6) is 1.39. The van der Waals surface area contributed by atoms with Gasteiger partial charge < -0.3 is 10.0 Å². The Morgan fingerprint density at radius 3 is 2.40 bits per heavy atom. The summed E-state index contributed by atoms with van der Waals surface area (Å²) >= 11 is 1.62. The lowest BCUT2D eigenvalue weighted by Crippen LogP contribution is -2.42. The number of carbonyl (C=O) groups excluding carboxylic acids is 1. The molecule has 0 unspecified atom stereocenters. The lowest BCUT2D eigenvalue weighted by atomic mass is 10.1. The van der Waals surface area contributed by atoms with Gasteiger partial charge in [-0.1, -0.05) is 29.8 Å². The van der Waals surface area contributed by atoms with Crippen LogP contribution in [0.5, 0.6) is 0 Å². The van der Waals surface area contributed by atoms with E-state index in [-0.39, 0.29) is 5.91 Å². The molecule has 0 aromatic heterocycles. The average Bonchev–Trinajstić information content (AvgIpc) is 2.37. The normalized spacial score (nSPS) is 11.4. The van der Waals surface area contributed by atoms with E-state index in [1.807, 2.05) is 6.92 Å².